The molecule has 0 spiro atoms. The van der Waals surface area contributed by atoms with Crippen molar-refractivity contribution in [2.75, 3.05) is 0 Å². The van der Waals surface area contributed by atoms with Gasteiger partial charge < -0.3 is 4.79 Å². The Kier molecular flexibility index (Phi) is 2.72. The first kappa shape index (κ1) is 8.06. The third-order valence-corrected chi connectivity index (χ3v) is 2.69. The van der Waals surface area contributed by atoms with Crippen LogP contribution < -0.4 is 0 Å². The molecule has 1 nitrogen and oxygen atoms in total. The zero-order valence-electron chi connectivity index (χ0n) is 6.27. The lowest BCUT2D eigenvalue weighted by Gasteiger charge is -2.09. The largest absolute Gasteiger partial charge is 0.300 e. The molecule has 0 aliphatic heterocycles. The number of rotatable bonds is 2. The molecule has 0 aromatic rings. The predicted molar refractivity (Wildman–Crippen MR) is 42.3 cm³/mol. The molecule has 2 heteroatoms. The molecule has 1 saturated carbocycles. The van der Waals surface area contributed by atoms with Crippen LogP contribution in [0, 0.1) is 5.92 Å². The van der Waals surface area contributed by atoms with Crippen LogP contribution in [0.5, 0.6) is 0 Å². The molecule has 1 aliphatic rings. The summed E-state index contributed by atoms with van der Waals surface area (Å²) in [5.41, 5.74) is 0. The SMILES string of the molecule is CC(=O)C[C@H]1CCC[C@@H]1Cl. The highest BCUT2D eigenvalue weighted by atomic mass is 35.5. The summed E-state index contributed by atoms with van der Waals surface area (Å²) in [6.07, 6.45) is 4.13. The van der Waals surface area contributed by atoms with E-state index >= 15 is 0 Å². The van der Waals surface area contributed by atoms with E-state index in [9.17, 15) is 4.79 Å². The molecule has 0 saturated heterocycles. The van der Waals surface area contributed by atoms with Crippen molar-refractivity contribution in [2.24, 2.45) is 5.92 Å². The van der Waals surface area contributed by atoms with Crippen molar-refractivity contribution in [2.45, 2.75) is 38.0 Å². The van der Waals surface area contributed by atoms with Crippen molar-refractivity contribution < 1.29 is 4.79 Å². The molecular formula is C8H13ClO. The summed E-state index contributed by atoms with van der Waals surface area (Å²) in [4.78, 5) is 10.7. The van der Waals surface area contributed by atoms with Gasteiger partial charge in [-0.2, -0.15) is 0 Å². The maximum absolute atomic E-state index is 10.7. The molecule has 0 unspecified atom stereocenters. The maximum atomic E-state index is 10.7. The highest BCUT2D eigenvalue weighted by Gasteiger charge is 2.25. The van der Waals surface area contributed by atoms with E-state index in [0.717, 1.165) is 12.8 Å². The molecule has 10 heavy (non-hydrogen) atoms. The molecular weight excluding hydrogens is 148 g/mol. The first-order valence-electron chi connectivity index (χ1n) is 3.83. The summed E-state index contributed by atoms with van der Waals surface area (Å²) in [5.74, 6) is 0.747. The normalized spacial score (nSPS) is 32.6. The van der Waals surface area contributed by atoms with Crippen molar-refractivity contribution >= 4 is 17.4 Å². The highest BCUT2D eigenvalue weighted by Crippen LogP contribution is 2.32. The number of carbonyl (C=O) groups excluding carboxylic acids is 1. The molecule has 0 bridgehead atoms. The summed E-state index contributed by atoms with van der Waals surface area (Å²) >= 11 is 5.97. The summed E-state index contributed by atoms with van der Waals surface area (Å²) in [5, 5.41) is 0.267. The Morgan fingerprint density at radius 2 is 2.30 bits per heavy atom. The molecule has 1 fully saturated rings. The van der Waals surface area contributed by atoms with Gasteiger partial charge in [0.25, 0.3) is 0 Å². The van der Waals surface area contributed by atoms with Crippen molar-refractivity contribution in [3.63, 3.8) is 0 Å². The van der Waals surface area contributed by atoms with Gasteiger partial charge >= 0.3 is 0 Å². The van der Waals surface area contributed by atoms with Gasteiger partial charge in [-0.15, -0.1) is 11.6 Å². The minimum atomic E-state index is 0.267. The number of halogens is 1. The van der Waals surface area contributed by atoms with Crippen LogP contribution in [0.1, 0.15) is 32.6 Å². The molecule has 0 radical (unpaired) electrons. The van der Waals surface area contributed by atoms with Gasteiger partial charge in [0, 0.05) is 11.8 Å². The Labute approximate surface area is 66.8 Å². The van der Waals surface area contributed by atoms with E-state index in [2.05, 4.69) is 0 Å². The topological polar surface area (TPSA) is 17.1 Å². The van der Waals surface area contributed by atoms with Gasteiger partial charge in [0.15, 0.2) is 0 Å². The van der Waals surface area contributed by atoms with E-state index in [0.29, 0.717) is 12.3 Å². The Morgan fingerprint density at radius 3 is 2.70 bits per heavy atom. The zero-order chi connectivity index (χ0) is 7.56. The fraction of sp³-hybridized carbons (Fsp3) is 0.875. The third-order valence-electron chi connectivity index (χ3n) is 2.12. The lowest BCUT2D eigenvalue weighted by Crippen LogP contribution is -2.10. The Balaban J connectivity index is 2.33. The van der Waals surface area contributed by atoms with E-state index in [1.807, 2.05) is 0 Å². The van der Waals surface area contributed by atoms with E-state index in [1.54, 1.807) is 6.92 Å². The van der Waals surface area contributed by atoms with Gasteiger partial charge in [-0.3, -0.25) is 0 Å². The minimum absolute atomic E-state index is 0.267. The maximum Gasteiger partial charge on any atom is 0.130 e. The van der Waals surface area contributed by atoms with E-state index in [-0.39, 0.29) is 11.2 Å². The van der Waals surface area contributed by atoms with Gasteiger partial charge in [0.05, 0.1) is 0 Å². The smallest absolute Gasteiger partial charge is 0.130 e. The lowest BCUT2D eigenvalue weighted by molar-refractivity contribution is -0.117. The summed E-state index contributed by atoms with van der Waals surface area (Å²) in [6.45, 7) is 1.64. The van der Waals surface area contributed by atoms with Gasteiger partial charge in [0.2, 0.25) is 0 Å². The van der Waals surface area contributed by atoms with E-state index < -0.39 is 0 Å². The second-order valence-electron chi connectivity index (χ2n) is 3.11. The standard InChI is InChI=1S/C8H13ClO/c1-6(10)5-7-3-2-4-8(7)9/h7-8H,2-5H2,1H3/t7-,8+/m1/s1. The fourth-order valence-electron chi connectivity index (χ4n) is 1.59. The van der Waals surface area contributed by atoms with Crippen LogP contribution in [-0.2, 0) is 4.79 Å². The number of ketones is 1. The summed E-state index contributed by atoms with van der Waals surface area (Å²) in [6, 6.07) is 0. The second-order valence-corrected chi connectivity index (χ2v) is 3.67. The predicted octanol–water partition coefficient (Wildman–Crippen LogP) is 2.37. The average Bonchev–Trinajstić information content (AvgIpc) is 2.15. The Bertz CT molecular complexity index is 133. The van der Waals surface area contributed by atoms with Gasteiger partial charge in [0.1, 0.15) is 5.78 Å². The average molecular weight is 161 g/mol. The van der Waals surface area contributed by atoms with E-state index in [1.165, 1.54) is 6.42 Å². The van der Waals surface area contributed by atoms with Crippen molar-refractivity contribution in [1.29, 1.82) is 0 Å². The second kappa shape index (κ2) is 3.38. The number of hydrogen-bond acceptors (Lipinski definition) is 1. The number of hydrogen-bond donors (Lipinski definition) is 0. The van der Waals surface area contributed by atoms with Crippen LogP contribution in [0.2, 0.25) is 0 Å². The molecule has 0 aromatic carbocycles. The van der Waals surface area contributed by atoms with Crippen molar-refractivity contribution in [3.05, 3.63) is 0 Å². The Morgan fingerprint density at radius 1 is 1.60 bits per heavy atom. The molecule has 0 amide bonds. The molecule has 1 rings (SSSR count). The molecule has 2 atom stereocenters. The quantitative estimate of drug-likeness (QED) is 0.567. The van der Waals surface area contributed by atoms with Crippen molar-refractivity contribution in [3.8, 4) is 0 Å². The summed E-state index contributed by atoms with van der Waals surface area (Å²) in [7, 11) is 0. The Hall–Kier alpha value is -0.0400. The molecule has 0 aromatic heterocycles. The van der Waals surface area contributed by atoms with Gasteiger partial charge in [-0.1, -0.05) is 6.42 Å². The first-order chi connectivity index (χ1) is 4.70. The monoisotopic (exact) mass is 160 g/mol. The van der Waals surface area contributed by atoms with Gasteiger partial charge in [-0.25, -0.2) is 0 Å². The highest BCUT2D eigenvalue weighted by molar-refractivity contribution is 6.21. The van der Waals surface area contributed by atoms with Gasteiger partial charge in [-0.05, 0) is 25.7 Å². The van der Waals surface area contributed by atoms with E-state index in [4.69, 9.17) is 11.6 Å². The van der Waals surface area contributed by atoms with Crippen LogP contribution in [0.3, 0.4) is 0 Å². The molecule has 58 valence electrons. The summed E-state index contributed by atoms with van der Waals surface area (Å²) < 4.78 is 0. The van der Waals surface area contributed by atoms with Crippen LogP contribution in [0.4, 0.5) is 0 Å². The van der Waals surface area contributed by atoms with Crippen LogP contribution in [0.15, 0.2) is 0 Å². The number of carbonyl (C=O) groups is 1. The third kappa shape index (κ3) is 1.98. The fourth-order valence-corrected chi connectivity index (χ4v) is 1.96. The molecule has 1 aliphatic carbocycles. The number of Topliss-reactive ketones (excluding diaryl/α,β-unsaturated/α-hetero) is 1. The first-order valence-corrected chi connectivity index (χ1v) is 4.27. The zero-order valence-corrected chi connectivity index (χ0v) is 7.03. The lowest BCUT2D eigenvalue weighted by atomic mass is 10.0. The molecule has 0 heterocycles. The minimum Gasteiger partial charge on any atom is -0.300 e. The van der Waals surface area contributed by atoms with Crippen LogP contribution in [-0.4, -0.2) is 11.2 Å². The van der Waals surface area contributed by atoms with Crippen molar-refractivity contribution in [1.82, 2.24) is 0 Å². The number of alkyl halides is 1. The van der Waals surface area contributed by atoms with Crippen LogP contribution >= 0.6 is 11.6 Å². The molecule has 0 N–H and O–H groups in total. The van der Waals surface area contributed by atoms with Crippen LogP contribution in [0.25, 0.3) is 0 Å².